The zero-order valence-electron chi connectivity index (χ0n) is 11.8. The smallest absolute Gasteiger partial charge is 0.241 e. The molecular weight excluding hydrogens is 316 g/mol. The van der Waals surface area contributed by atoms with Gasteiger partial charge in [0.05, 0.1) is 17.6 Å². The Labute approximate surface area is 129 Å². The van der Waals surface area contributed by atoms with Crippen LogP contribution in [0.15, 0.2) is 12.4 Å². The maximum atomic E-state index is 11.9. The number of amides is 1. The molecule has 1 aliphatic rings. The normalized spacial score (nSPS) is 16.5. The fourth-order valence-corrected chi connectivity index (χ4v) is 3.44. The van der Waals surface area contributed by atoms with Crippen molar-refractivity contribution in [1.82, 2.24) is 15.1 Å². The molecule has 1 saturated carbocycles. The van der Waals surface area contributed by atoms with Crippen LogP contribution >= 0.6 is 11.6 Å². The second-order valence-electron chi connectivity index (χ2n) is 5.41. The predicted octanol–water partition coefficient (Wildman–Crippen LogP) is 0.778. The summed E-state index contributed by atoms with van der Waals surface area (Å²) in [5, 5.41) is 6.81. The minimum atomic E-state index is -3.46. The lowest BCUT2D eigenvalue weighted by molar-refractivity contribution is -0.122. The van der Waals surface area contributed by atoms with Crippen LogP contribution < -0.4 is 10.0 Å². The van der Waals surface area contributed by atoms with Gasteiger partial charge in [-0.05, 0) is 18.8 Å². The van der Waals surface area contributed by atoms with Gasteiger partial charge in [-0.25, -0.2) is 8.42 Å². The monoisotopic (exact) mass is 334 g/mol. The first-order valence-corrected chi connectivity index (χ1v) is 8.95. The van der Waals surface area contributed by atoms with Gasteiger partial charge in [0.1, 0.15) is 6.54 Å². The number of halogens is 1. The van der Waals surface area contributed by atoms with E-state index in [2.05, 4.69) is 15.1 Å². The fourth-order valence-electron chi connectivity index (χ4n) is 1.79. The molecule has 1 unspecified atom stereocenters. The highest BCUT2D eigenvalue weighted by Gasteiger charge is 2.23. The lowest BCUT2D eigenvalue weighted by Crippen LogP contribution is -2.29. The van der Waals surface area contributed by atoms with Crippen LogP contribution in [0.5, 0.6) is 0 Å². The molecule has 1 atom stereocenters. The Hall–Kier alpha value is -1.28. The van der Waals surface area contributed by atoms with Crippen molar-refractivity contribution < 1.29 is 13.2 Å². The SMILES string of the molecule is CC(CCl)CS(=O)(=O)Nc1cnn(CC(=O)NC2CC2)c1. The van der Waals surface area contributed by atoms with E-state index in [1.807, 2.05) is 0 Å². The Bertz CT molecular complexity index is 597. The summed E-state index contributed by atoms with van der Waals surface area (Å²) in [5.74, 6) is -0.0277. The highest BCUT2D eigenvalue weighted by Crippen LogP contribution is 2.18. The summed E-state index contributed by atoms with van der Waals surface area (Å²) in [6.07, 6.45) is 4.92. The van der Waals surface area contributed by atoms with E-state index in [1.54, 1.807) is 6.92 Å². The van der Waals surface area contributed by atoms with E-state index in [4.69, 9.17) is 11.6 Å². The largest absolute Gasteiger partial charge is 0.352 e. The number of sulfonamides is 1. The first kappa shape index (κ1) is 16.1. The van der Waals surface area contributed by atoms with E-state index >= 15 is 0 Å². The summed E-state index contributed by atoms with van der Waals surface area (Å²) >= 11 is 5.62. The minimum Gasteiger partial charge on any atom is -0.352 e. The number of nitrogens with one attached hydrogen (secondary N) is 2. The van der Waals surface area contributed by atoms with Crippen LogP contribution in [0.2, 0.25) is 0 Å². The van der Waals surface area contributed by atoms with Crippen LogP contribution in [0.3, 0.4) is 0 Å². The van der Waals surface area contributed by atoms with E-state index in [9.17, 15) is 13.2 Å². The third-order valence-corrected chi connectivity index (χ3v) is 5.00. The van der Waals surface area contributed by atoms with Crippen molar-refractivity contribution in [3.8, 4) is 0 Å². The van der Waals surface area contributed by atoms with Gasteiger partial charge in [-0.2, -0.15) is 5.10 Å². The summed E-state index contributed by atoms with van der Waals surface area (Å²) in [4.78, 5) is 11.6. The van der Waals surface area contributed by atoms with Crippen LogP contribution in [0.4, 0.5) is 5.69 Å². The molecule has 0 saturated heterocycles. The molecule has 1 aromatic rings. The second kappa shape index (κ2) is 6.65. The number of carbonyl (C=O) groups is 1. The average Bonchev–Trinajstić information content (AvgIpc) is 3.08. The minimum absolute atomic E-state index is 0.0517. The Morgan fingerprint density at radius 1 is 1.57 bits per heavy atom. The molecule has 0 aromatic carbocycles. The van der Waals surface area contributed by atoms with Crippen molar-refractivity contribution in [2.45, 2.75) is 32.4 Å². The van der Waals surface area contributed by atoms with Gasteiger partial charge in [0.2, 0.25) is 15.9 Å². The standard InChI is InChI=1S/C12H19ClN4O3S/c1-9(4-13)8-21(19,20)16-11-5-14-17(6-11)7-12(18)15-10-2-3-10/h5-6,9-10,16H,2-4,7-8H2,1H3,(H,15,18). The zero-order valence-corrected chi connectivity index (χ0v) is 13.3. The molecule has 0 bridgehead atoms. The highest BCUT2D eigenvalue weighted by molar-refractivity contribution is 7.92. The van der Waals surface area contributed by atoms with Crippen molar-refractivity contribution in [1.29, 1.82) is 0 Å². The van der Waals surface area contributed by atoms with E-state index in [0.717, 1.165) is 12.8 Å². The third-order valence-electron chi connectivity index (χ3n) is 2.92. The molecule has 9 heteroatoms. The Morgan fingerprint density at radius 3 is 2.90 bits per heavy atom. The van der Waals surface area contributed by atoms with Gasteiger partial charge in [0, 0.05) is 18.1 Å². The Kier molecular flexibility index (Phi) is 5.10. The van der Waals surface area contributed by atoms with E-state index in [0.29, 0.717) is 11.7 Å². The van der Waals surface area contributed by atoms with Gasteiger partial charge < -0.3 is 5.32 Å². The number of rotatable bonds is 8. The lowest BCUT2D eigenvalue weighted by Gasteiger charge is -2.09. The maximum Gasteiger partial charge on any atom is 0.241 e. The van der Waals surface area contributed by atoms with Crippen molar-refractivity contribution >= 4 is 33.2 Å². The number of hydrogen-bond donors (Lipinski definition) is 2. The predicted molar refractivity (Wildman–Crippen MR) is 80.7 cm³/mol. The Balaban J connectivity index is 1.88. The van der Waals surface area contributed by atoms with Crippen molar-refractivity contribution in [3.63, 3.8) is 0 Å². The molecule has 1 heterocycles. The van der Waals surface area contributed by atoms with Crippen molar-refractivity contribution in [2.75, 3.05) is 16.4 Å². The van der Waals surface area contributed by atoms with E-state index in [-0.39, 0.29) is 30.0 Å². The summed E-state index contributed by atoms with van der Waals surface area (Å²) in [7, 11) is -3.46. The first-order valence-electron chi connectivity index (χ1n) is 6.76. The van der Waals surface area contributed by atoms with Gasteiger partial charge in [-0.1, -0.05) is 6.92 Å². The summed E-state index contributed by atoms with van der Waals surface area (Å²) in [6, 6.07) is 0.295. The molecule has 21 heavy (non-hydrogen) atoms. The van der Waals surface area contributed by atoms with Crippen LogP contribution in [0.1, 0.15) is 19.8 Å². The summed E-state index contributed by atoms with van der Waals surface area (Å²) < 4.78 is 27.6. The molecule has 2 rings (SSSR count). The molecule has 1 aromatic heterocycles. The first-order chi connectivity index (χ1) is 9.88. The molecular formula is C12H19ClN4O3S. The topological polar surface area (TPSA) is 93.1 Å². The van der Waals surface area contributed by atoms with Crippen molar-refractivity contribution in [3.05, 3.63) is 12.4 Å². The van der Waals surface area contributed by atoms with Gasteiger partial charge >= 0.3 is 0 Å². The van der Waals surface area contributed by atoms with Gasteiger partial charge in [-0.3, -0.25) is 14.2 Å². The number of carbonyl (C=O) groups excluding carboxylic acids is 1. The van der Waals surface area contributed by atoms with Gasteiger partial charge in [0.15, 0.2) is 0 Å². The molecule has 0 spiro atoms. The van der Waals surface area contributed by atoms with Crippen LogP contribution in [-0.4, -0.2) is 41.8 Å². The average molecular weight is 335 g/mol. The number of aromatic nitrogens is 2. The molecule has 1 fully saturated rings. The van der Waals surface area contributed by atoms with Crippen LogP contribution in [-0.2, 0) is 21.4 Å². The third kappa shape index (κ3) is 5.55. The molecule has 0 aliphatic heterocycles. The number of nitrogens with zero attached hydrogens (tertiary/aromatic N) is 2. The highest BCUT2D eigenvalue weighted by atomic mass is 35.5. The lowest BCUT2D eigenvalue weighted by atomic mass is 10.3. The van der Waals surface area contributed by atoms with Gasteiger partial charge in [0.25, 0.3) is 0 Å². The molecule has 7 nitrogen and oxygen atoms in total. The van der Waals surface area contributed by atoms with Crippen LogP contribution in [0, 0.1) is 5.92 Å². The van der Waals surface area contributed by atoms with Crippen molar-refractivity contribution in [2.24, 2.45) is 5.92 Å². The van der Waals surface area contributed by atoms with Crippen LogP contribution in [0.25, 0.3) is 0 Å². The number of hydrogen-bond acceptors (Lipinski definition) is 4. The molecule has 118 valence electrons. The molecule has 1 aliphatic carbocycles. The number of anilines is 1. The summed E-state index contributed by atoms with van der Waals surface area (Å²) in [6.45, 7) is 1.84. The number of alkyl halides is 1. The second-order valence-corrected chi connectivity index (χ2v) is 7.49. The van der Waals surface area contributed by atoms with E-state index in [1.165, 1.54) is 17.1 Å². The fraction of sp³-hybridized carbons (Fsp3) is 0.667. The zero-order chi connectivity index (χ0) is 15.5. The molecule has 2 N–H and O–H groups in total. The quantitative estimate of drug-likeness (QED) is 0.687. The molecule has 1 amide bonds. The summed E-state index contributed by atoms with van der Waals surface area (Å²) in [5.41, 5.74) is 0.344. The maximum absolute atomic E-state index is 11.9. The Morgan fingerprint density at radius 2 is 2.29 bits per heavy atom. The molecule has 0 radical (unpaired) electrons. The van der Waals surface area contributed by atoms with E-state index < -0.39 is 10.0 Å². The van der Waals surface area contributed by atoms with Gasteiger partial charge in [-0.15, -0.1) is 11.6 Å².